The number of carbonyl (C=O) groups is 1. The normalized spacial score (nSPS) is 17.7. The lowest BCUT2D eigenvalue weighted by Gasteiger charge is -2.19. The Morgan fingerprint density at radius 2 is 1.88 bits per heavy atom. The third-order valence-corrected chi connectivity index (χ3v) is 5.99. The molecule has 1 fully saturated rings. The van der Waals surface area contributed by atoms with Crippen LogP contribution in [0.4, 0.5) is 17.2 Å². The second-order valence-corrected chi connectivity index (χ2v) is 8.16. The first kappa shape index (κ1) is 21.8. The van der Waals surface area contributed by atoms with Gasteiger partial charge in [-0.15, -0.1) is 0 Å². The second kappa shape index (κ2) is 9.78. The summed E-state index contributed by atoms with van der Waals surface area (Å²) < 4.78 is 7.35. The van der Waals surface area contributed by atoms with Crippen molar-refractivity contribution in [1.29, 1.82) is 0 Å². The Morgan fingerprint density at radius 3 is 2.50 bits per heavy atom. The van der Waals surface area contributed by atoms with E-state index in [0.29, 0.717) is 12.1 Å². The number of anilines is 3. The summed E-state index contributed by atoms with van der Waals surface area (Å²) in [5.74, 6) is 1.40. The Labute approximate surface area is 189 Å². The Morgan fingerprint density at radius 1 is 1.12 bits per heavy atom. The molecule has 1 amide bonds. The zero-order valence-corrected chi connectivity index (χ0v) is 18.6. The van der Waals surface area contributed by atoms with Crippen molar-refractivity contribution >= 4 is 23.1 Å². The lowest BCUT2D eigenvalue weighted by atomic mass is 10.1. The Bertz CT molecular complexity index is 1050. The average Bonchev–Trinajstić information content (AvgIpc) is 3.37. The lowest BCUT2D eigenvalue weighted by molar-refractivity contribution is 0.0964. The SMILES string of the molecule is CNC(=O)c1c(N[C@H]2CCC[C@H]2N)cn(Cc2ccc(OC)cc2)c1Nc1ccccc1. The van der Waals surface area contributed by atoms with Gasteiger partial charge in [-0.3, -0.25) is 4.79 Å². The van der Waals surface area contributed by atoms with Crippen LogP contribution in [0.5, 0.6) is 5.75 Å². The minimum atomic E-state index is -0.147. The highest BCUT2D eigenvalue weighted by molar-refractivity contribution is 6.05. The average molecular weight is 434 g/mol. The molecular formula is C25H31N5O2. The summed E-state index contributed by atoms with van der Waals surface area (Å²) in [5, 5.41) is 9.82. The molecule has 3 aromatic rings. The van der Waals surface area contributed by atoms with E-state index in [1.165, 1.54) is 0 Å². The van der Waals surface area contributed by atoms with Gasteiger partial charge >= 0.3 is 0 Å². The molecular weight excluding hydrogens is 402 g/mol. The van der Waals surface area contributed by atoms with Crippen LogP contribution in [0, 0.1) is 0 Å². The van der Waals surface area contributed by atoms with E-state index < -0.39 is 0 Å². The van der Waals surface area contributed by atoms with Crippen LogP contribution in [0.1, 0.15) is 35.2 Å². The van der Waals surface area contributed by atoms with Crippen LogP contribution in [-0.4, -0.2) is 36.7 Å². The smallest absolute Gasteiger partial charge is 0.256 e. The van der Waals surface area contributed by atoms with Crippen molar-refractivity contribution in [3.8, 4) is 5.75 Å². The van der Waals surface area contributed by atoms with Gasteiger partial charge in [0, 0.05) is 37.6 Å². The Balaban J connectivity index is 1.75. The number of para-hydroxylation sites is 1. The maximum Gasteiger partial charge on any atom is 0.256 e. The molecule has 0 spiro atoms. The predicted octanol–water partition coefficient (Wildman–Crippen LogP) is 3.94. The van der Waals surface area contributed by atoms with Crippen molar-refractivity contribution in [2.24, 2.45) is 5.73 Å². The topological polar surface area (TPSA) is 93.3 Å². The van der Waals surface area contributed by atoms with Crippen molar-refractivity contribution in [3.05, 3.63) is 71.9 Å². The van der Waals surface area contributed by atoms with Crippen LogP contribution < -0.4 is 26.4 Å². The fraction of sp³-hybridized carbons (Fsp3) is 0.320. The van der Waals surface area contributed by atoms with Crippen molar-refractivity contribution in [2.45, 2.75) is 37.9 Å². The number of ether oxygens (including phenoxy) is 1. The van der Waals surface area contributed by atoms with Crippen molar-refractivity contribution in [3.63, 3.8) is 0 Å². The van der Waals surface area contributed by atoms with E-state index in [2.05, 4.69) is 20.5 Å². The standard InChI is InChI=1S/C25H31N5O2/c1-27-25(31)23-22(29-21-10-6-9-20(21)26)16-30(15-17-11-13-19(32-2)14-12-17)24(23)28-18-7-4-3-5-8-18/h3-5,7-8,11-14,16,20-21,28-29H,6,9-10,15,26H2,1-2H3,(H,27,31)/t20-,21+/m1/s1. The van der Waals surface area contributed by atoms with Gasteiger partial charge in [-0.05, 0) is 49.1 Å². The first-order valence-electron chi connectivity index (χ1n) is 11.0. The molecule has 1 aliphatic carbocycles. The molecule has 0 saturated heterocycles. The molecule has 1 saturated carbocycles. The number of carbonyl (C=O) groups excluding carboxylic acids is 1. The molecule has 7 nitrogen and oxygen atoms in total. The molecule has 4 rings (SSSR count). The van der Waals surface area contributed by atoms with E-state index in [1.54, 1.807) is 14.2 Å². The molecule has 2 aromatic carbocycles. The summed E-state index contributed by atoms with van der Waals surface area (Å²) >= 11 is 0. The van der Waals surface area contributed by atoms with E-state index in [4.69, 9.17) is 10.5 Å². The molecule has 1 heterocycles. The summed E-state index contributed by atoms with van der Waals surface area (Å²) in [7, 11) is 3.31. The molecule has 168 valence electrons. The molecule has 32 heavy (non-hydrogen) atoms. The minimum Gasteiger partial charge on any atom is -0.497 e. The van der Waals surface area contributed by atoms with Gasteiger partial charge in [0.15, 0.2) is 0 Å². The van der Waals surface area contributed by atoms with Crippen LogP contribution in [-0.2, 0) is 6.54 Å². The van der Waals surface area contributed by atoms with E-state index in [-0.39, 0.29) is 18.0 Å². The van der Waals surface area contributed by atoms with Gasteiger partial charge in [0.05, 0.1) is 12.8 Å². The van der Waals surface area contributed by atoms with E-state index in [0.717, 1.165) is 47.8 Å². The Hall–Kier alpha value is -3.45. The zero-order chi connectivity index (χ0) is 22.5. The molecule has 2 atom stereocenters. The minimum absolute atomic E-state index is 0.0861. The molecule has 0 bridgehead atoms. The van der Waals surface area contributed by atoms with Gasteiger partial charge in [0.25, 0.3) is 5.91 Å². The van der Waals surface area contributed by atoms with Gasteiger partial charge in [-0.1, -0.05) is 30.3 Å². The number of amides is 1. The van der Waals surface area contributed by atoms with Gasteiger partial charge in [-0.2, -0.15) is 0 Å². The first-order valence-corrected chi connectivity index (χ1v) is 11.0. The largest absolute Gasteiger partial charge is 0.497 e. The first-order chi connectivity index (χ1) is 15.6. The van der Waals surface area contributed by atoms with Crippen LogP contribution in [0.15, 0.2) is 60.8 Å². The quantitative estimate of drug-likeness (QED) is 0.432. The summed E-state index contributed by atoms with van der Waals surface area (Å²) in [4.78, 5) is 13.0. The number of nitrogens with one attached hydrogen (secondary N) is 3. The van der Waals surface area contributed by atoms with Gasteiger partial charge in [-0.25, -0.2) is 0 Å². The van der Waals surface area contributed by atoms with E-state index >= 15 is 0 Å². The number of methoxy groups -OCH3 is 1. The van der Waals surface area contributed by atoms with Gasteiger partial charge in [0.2, 0.25) is 0 Å². The third kappa shape index (κ3) is 4.73. The molecule has 7 heteroatoms. The molecule has 0 unspecified atom stereocenters. The van der Waals surface area contributed by atoms with Crippen LogP contribution >= 0.6 is 0 Å². The highest BCUT2D eigenvalue weighted by Crippen LogP contribution is 2.33. The third-order valence-electron chi connectivity index (χ3n) is 5.99. The predicted molar refractivity (Wildman–Crippen MR) is 129 cm³/mol. The summed E-state index contributed by atoms with van der Waals surface area (Å²) in [6.45, 7) is 0.599. The zero-order valence-electron chi connectivity index (χ0n) is 18.6. The van der Waals surface area contributed by atoms with E-state index in [9.17, 15) is 4.79 Å². The van der Waals surface area contributed by atoms with Crippen LogP contribution in [0.3, 0.4) is 0 Å². The molecule has 0 radical (unpaired) electrons. The van der Waals surface area contributed by atoms with Crippen molar-refractivity contribution in [2.75, 3.05) is 24.8 Å². The number of rotatable bonds is 8. The number of hydrogen-bond donors (Lipinski definition) is 4. The van der Waals surface area contributed by atoms with Crippen LogP contribution in [0.25, 0.3) is 0 Å². The van der Waals surface area contributed by atoms with Gasteiger partial charge in [0.1, 0.15) is 17.1 Å². The monoisotopic (exact) mass is 433 g/mol. The molecule has 0 aliphatic heterocycles. The van der Waals surface area contributed by atoms with Crippen molar-refractivity contribution in [1.82, 2.24) is 9.88 Å². The molecule has 5 N–H and O–H groups in total. The summed E-state index contributed by atoms with van der Waals surface area (Å²) in [6.07, 6.45) is 5.09. The molecule has 1 aromatic heterocycles. The Kier molecular flexibility index (Phi) is 6.66. The van der Waals surface area contributed by atoms with Crippen molar-refractivity contribution < 1.29 is 9.53 Å². The fourth-order valence-corrected chi connectivity index (χ4v) is 4.23. The maximum absolute atomic E-state index is 13.0. The highest BCUT2D eigenvalue weighted by Gasteiger charge is 2.28. The number of nitrogens with zero attached hydrogens (tertiary/aromatic N) is 1. The number of hydrogen-bond acceptors (Lipinski definition) is 5. The summed E-state index contributed by atoms with van der Waals surface area (Å²) in [5.41, 5.74) is 9.70. The highest BCUT2D eigenvalue weighted by atomic mass is 16.5. The fourth-order valence-electron chi connectivity index (χ4n) is 4.23. The van der Waals surface area contributed by atoms with Gasteiger partial charge < -0.3 is 31.0 Å². The lowest BCUT2D eigenvalue weighted by Crippen LogP contribution is -2.35. The summed E-state index contributed by atoms with van der Waals surface area (Å²) in [6, 6.07) is 18.1. The second-order valence-electron chi connectivity index (χ2n) is 8.16. The maximum atomic E-state index is 13.0. The number of nitrogens with two attached hydrogens (primary N) is 1. The number of aromatic nitrogens is 1. The van der Waals surface area contributed by atoms with E-state index in [1.807, 2.05) is 60.8 Å². The number of benzene rings is 2. The molecule has 1 aliphatic rings. The van der Waals surface area contributed by atoms with Crippen LogP contribution in [0.2, 0.25) is 0 Å².